The van der Waals surface area contributed by atoms with Gasteiger partial charge >= 0.3 is 0 Å². The summed E-state index contributed by atoms with van der Waals surface area (Å²) in [6, 6.07) is 8.19. The van der Waals surface area contributed by atoms with Crippen LogP contribution in [0, 0.1) is 5.92 Å². The van der Waals surface area contributed by atoms with Crippen molar-refractivity contribution in [3.05, 3.63) is 84.4 Å². The van der Waals surface area contributed by atoms with E-state index in [4.69, 9.17) is 14.2 Å². The van der Waals surface area contributed by atoms with Crippen LogP contribution in [-0.2, 0) is 9.47 Å². The molecule has 1 aliphatic heterocycles. The third kappa shape index (κ3) is 5.60. The van der Waals surface area contributed by atoms with Gasteiger partial charge in [0.15, 0.2) is 5.76 Å². The van der Waals surface area contributed by atoms with Crippen molar-refractivity contribution in [1.29, 1.82) is 0 Å². The number of benzene rings is 1. The molecule has 2 atom stereocenters. The molecule has 1 aromatic heterocycles. The van der Waals surface area contributed by atoms with Crippen LogP contribution >= 0.6 is 0 Å². The number of ether oxygens (including phenoxy) is 3. The summed E-state index contributed by atoms with van der Waals surface area (Å²) in [5, 5.41) is 15.9. The minimum Gasteiger partial charge on any atom is -0.497 e. The maximum atomic E-state index is 11.1. The quantitative estimate of drug-likeness (QED) is 0.502. The lowest BCUT2D eigenvalue weighted by atomic mass is 9.81. The summed E-state index contributed by atoms with van der Waals surface area (Å²) in [5.74, 6) is 2.08. The summed E-state index contributed by atoms with van der Waals surface area (Å²) in [4.78, 5) is 4.45. The summed E-state index contributed by atoms with van der Waals surface area (Å²) in [7, 11) is 1.66. The molecule has 0 bridgehead atoms. The molecule has 1 aromatic carbocycles. The fraction of sp³-hybridized carbons (Fsp3) is 0.414. The van der Waals surface area contributed by atoms with E-state index in [2.05, 4.69) is 28.5 Å². The molecule has 6 nitrogen and oxygen atoms in total. The van der Waals surface area contributed by atoms with E-state index < -0.39 is 6.10 Å². The smallest absolute Gasteiger partial charge is 0.159 e. The van der Waals surface area contributed by atoms with Crippen LogP contribution in [0.25, 0.3) is 10.9 Å². The topological polar surface area (TPSA) is 72.8 Å². The fourth-order valence-electron chi connectivity index (χ4n) is 5.45. The second-order valence-corrected chi connectivity index (χ2v) is 9.61. The third-order valence-corrected chi connectivity index (χ3v) is 7.37. The molecule has 2 heterocycles. The lowest BCUT2D eigenvalue weighted by Gasteiger charge is -2.34. The monoisotopic (exact) mass is 474 g/mol. The van der Waals surface area contributed by atoms with Crippen LogP contribution in [0.3, 0.4) is 0 Å². The first-order valence-electron chi connectivity index (χ1n) is 12.6. The number of nitrogens with one attached hydrogen (secondary N) is 1. The van der Waals surface area contributed by atoms with Crippen LogP contribution in [0.2, 0.25) is 0 Å². The predicted octanol–water partition coefficient (Wildman–Crippen LogP) is 5.82. The number of aliphatic hydroxyl groups excluding tert-OH is 1. The molecule has 2 aromatic rings. The van der Waals surface area contributed by atoms with Gasteiger partial charge < -0.3 is 24.6 Å². The van der Waals surface area contributed by atoms with Gasteiger partial charge in [-0.1, -0.05) is 18.2 Å². The van der Waals surface area contributed by atoms with E-state index in [9.17, 15) is 5.11 Å². The molecule has 2 N–H and O–H groups in total. The molecule has 35 heavy (non-hydrogen) atoms. The summed E-state index contributed by atoms with van der Waals surface area (Å²) in [6.45, 7) is 0. The van der Waals surface area contributed by atoms with Crippen molar-refractivity contribution in [2.45, 2.75) is 63.1 Å². The van der Waals surface area contributed by atoms with Crippen LogP contribution in [0.1, 0.15) is 56.6 Å². The average Bonchev–Trinajstić information content (AvgIpc) is 2.93. The summed E-state index contributed by atoms with van der Waals surface area (Å²) >= 11 is 0. The van der Waals surface area contributed by atoms with Gasteiger partial charge in [-0.2, -0.15) is 0 Å². The van der Waals surface area contributed by atoms with Gasteiger partial charge in [0.05, 0.1) is 24.8 Å². The highest BCUT2D eigenvalue weighted by Crippen LogP contribution is 2.36. The largest absolute Gasteiger partial charge is 0.497 e. The Labute approximate surface area is 207 Å². The van der Waals surface area contributed by atoms with Crippen LogP contribution in [0.15, 0.2) is 78.8 Å². The van der Waals surface area contributed by atoms with Crippen molar-refractivity contribution in [1.82, 2.24) is 10.3 Å². The number of pyridine rings is 1. The normalized spacial score (nSPS) is 23.6. The fourth-order valence-corrected chi connectivity index (χ4v) is 5.45. The van der Waals surface area contributed by atoms with E-state index in [1.54, 1.807) is 32.1 Å². The van der Waals surface area contributed by atoms with Gasteiger partial charge in [0.1, 0.15) is 24.5 Å². The predicted molar refractivity (Wildman–Crippen MR) is 136 cm³/mol. The number of aliphatic hydroxyl groups is 1. The molecule has 3 aliphatic rings. The number of methoxy groups -OCH3 is 1. The van der Waals surface area contributed by atoms with Crippen molar-refractivity contribution in [2.75, 3.05) is 7.11 Å². The Morgan fingerprint density at radius 1 is 1.17 bits per heavy atom. The number of hydrogen-bond donors (Lipinski definition) is 2. The molecule has 1 saturated carbocycles. The Hall–Kier alpha value is -3.09. The molecule has 0 amide bonds. The molecule has 0 radical (unpaired) electrons. The van der Waals surface area contributed by atoms with E-state index in [1.807, 2.05) is 24.3 Å². The summed E-state index contributed by atoms with van der Waals surface area (Å²) in [5.41, 5.74) is 3.14. The number of aromatic nitrogens is 1. The summed E-state index contributed by atoms with van der Waals surface area (Å²) in [6.07, 6.45) is 19.8. The lowest BCUT2D eigenvalue weighted by Crippen LogP contribution is -2.43. The van der Waals surface area contributed by atoms with Crippen molar-refractivity contribution in [3.8, 4) is 5.75 Å². The number of rotatable bonds is 8. The van der Waals surface area contributed by atoms with Crippen LogP contribution < -0.4 is 10.1 Å². The first kappa shape index (κ1) is 23.6. The van der Waals surface area contributed by atoms with Gasteiger partial charge in [-0.3, -0.25) is 4.98 Å². The Morgan fingerprint density at radius 2 is 2.06 bits per heavy atom. The minimum absolute atomic E-state index is 0.0233. The molecule has 6 heteroatoms. The Bertz CT molecular complexity index is 1140. The van der Waals surface area contributed by atoms with E-state index in [-0.39, 0.29) is 6.04 Å². The molecule has 184 valence electrons. The van der Waals surface area contributed by atoms with Gasteiger partial charge in [0.2, 0.25) is 0 Å². The van der Waals surface area contributed by atoms with Gasteiger partial charge in [-0.05, 0) is 86.3 Å². The minimum atomic E-state index is -0.515. The highest BCUT2D eigenvalue weighted by Gasteiger charge is 2.29. The average molecular weight is 475 g/mol. The molecule has 0 spiro atoms. The van der Waals surface area contributed by atoms with E-state index in [1.165, 1.54) is 5.57 Å². The van der Waals surface area contributed by atoms with Gasteiger partial charge in [0, 0.05) is 17.6 Å². The molecular formula is C29H34N2O4. The number of allylic oxidation sites excluding steroid dienone is 3. The van der Waals surface area contributed by atoms with Crippen molar-refractivity contribution < 1.29 is 19.3 Å². The SMILES string of the molecule is COc1ccc2nccc(C(O)CC3CCC(NC(C4=CC=CCC4)C4=COC=CO4)CC3)c2c1. The van der Waals surface area contributed by atoms with E-state index in [0.717, 1.165) is 72.9 Å². The van der Waals surface area contributed by atoms with E-state index >= 15 is 0 Å². The molecule has 2 aliphatic carbocycles. The van der Waals surface area contributed by atoms with E-state index in [0.29, 0.717) is 12.0 Å². The zero-order chi connectivity index (χ0) is 24.0. The maximum Gasteiger partial charge on any atom is 0.159 e. The van der Waals surface area contributed by atoms with Crippen LogP contribution in [0.5, 0.6) is 5.75 Å². The zero-order valence-corrected chi connectivity index (χ0v) is 20.2. The van der Waals surface area contributed by atoms with Gasteiger partial charge in [0.25, 0.3) is 0 Å². The molecule has 1 fully saturated rings. The van der Waals surface area contributed by atoms with Gasteiger partial charge in [-0.25, -0.2) is 0 Å². The first-order valence-corrected chi connectivity index (χ1v) is 12.6. The van der Waals surface area contributed by atoms with Crippen molar-refractivity contribution >= 4 is 10.9 Å². The van der Waals surface area contributed by atoms with Crippen molar-refractivity contribution in [2.24, 2.45) is 5.92 Å². The number of hydrogen-bond acceptors (Lipinski definition) is 6. The van der Waals surface area contributed by atoms with Gasteiger partial charge in [-0.15, -0.1) is 0 Å². The Morgan fingerprint density at radius 3 is 2.80 bits per heavy atom. The summed E-state index contributed by atoms with van der Waals surface area (Å²) < 4.78 is 16.6. The lowest BCUT2D eigenvalue weighted by molar-refractivity contribution is 0.126. The Kier molecular flexibility index (Phi) is 7.50. The third-order valence-electron chi connectivity index (χ3n) is 7.37. The molecule has 2 unspecified atom stereocenters. The van der Waals surface area contributed by atoms with Crippen molar-refractivity contribution in [3.63, 3.8) is 0 Å². The van der Waals surface area contributed by atoms with Crippen LogP contribution in [-0.4, -0.2) is 29.3 Å². The van der Waals surface area contributed by atoms with Crippen LogP contribution in [0.4, 0.5) is 0 Å². The second-order valence-electron chi connectivity index (χ2n) is 9.61. The first-order chi connectivity index (χ1) is 17.2. The zero-order valence-electron chi connectivity index (χ0n) is 20.2. The standard InChI is InChI=1S/C29H34N2O4/c1-33-23-11-12-26-25(18-23)24(13-14-30-26)27(32)17-20-7-9-22(10-8-20)31-29(21-5-3-2-4-6-21)28-19-34-15-16-35-28/h2-3,5,11-16,18-20,22,27,29,31-32H,4,6-10,17H2,1H3. The Balaban J connectivity index is 1.21. The number of nitrogens with zero attached hydrogens (tertiary/aromatic N) is 1. The number of fused-ring (bicyclic) bond motifs is 1. The molecular weight excluding hydrogens is 440 g/mol. The second kappa shape index (κ2) is 11.1. The molecule has 0 saturated heterocycles. The maximum absolute atomic E-state index is 11.1. The molecule has 5 rings (SSSR count). The highest BCUT2D eigenvalue weighted by molar-refractivity contribution is 5.83. The highest BCUT2D eigenvalue weighted by atomic mass is 16.5.